The molecule has 77 heavy (non-hydrogen) atoms. The maximum Gasteiger partial charge on any atom is 0.306 e. The second-order valence-corrected chi connectivity index (χ2v) is 24.0. The summed E-state index contributed by atoms with van der Waals surface area (Å²) in [5.41, 5.74) is 0. The lowest BCUT2D eigenvalue weighted by Gasteiger charge is -2.30. The molecule has 0 saturated carbocycles. The summed E-state index contributed by atoms with van der Waals surface area (Å²) in [6.07, 6.45) is 74.0. The first-order valence-corrected chi connectivity index (χ1v) is 33.4. The molecule has 0 radical (unpaired) electrons. The number of quaternary nitrogens is 1. The van der Waals surface area contributed by atoms with Crippen molar-refractivity contribution in [2.24, 2.45) is 0 Å². The number of carbonyl (C=O) groups is 2. The number of rotatable bonds is 57. The molecule has 0 aliphatic heterocycles. The molecule has 0 fully saturated rings. The Bertz CT molecular complexity index is 1590. The van der Waals surface area contributed by atoms with Crippen LogP contribution in [0.25, 0.3) is 0 Å². The number of ether oxygens (including phenoxy) is 1. The normalized spacial score (nSPS) is 14.2. The van der Waals surface area contributed by atoms with Gasteiger partial charge < -0.3 is 28.5 Å². The summed E-state index contributed by atoms with van der Waals surface area (Å²) in [6.45, 7) is 6.77. The number of phosphoric acid groups is 1. The zero-order valence-electron chi connectivity index (χ0n) is 50.9. The predicted molar refractivity (Wildman–Crippen MR) is 330 cm³/mol. The Hall–Kier alpha value is -2.81. The van der Waals surface area contributed by atoms with Gasteiger partial charge in [0.2, 0.25) is 5.91 Å². The Morgan fingerprint density at radius 3 is 1.21 bits per heavy atom. The van der Waals surface area contributed by atoms with Gasteiger partial charge in [0, 0.05) is 12.8 Å². The van der Waals surface area contributed by atoms with Gasteiger partial charge in [-0.25, -0.2) is 0 Å². The fraction of sp³-hybridized carbons (Fsp3) is 0.761. The Morgan fingerprint density at radius 2 is 0.792 bits per heavy atom. The summed E-state index contributed by atoms with van der Waals surface area (Å²) in [5.74, 6) is -0.563. The molecular weight excluding hydrogens is 976 g/mol. The third kappa shape index (κ3) is 57.7. The van der Waals surface area contributed by atoms with E-state index in [1.54, 1.807) is 0 Å². The molecule has 0 aliphatic carbocycles. The summed E-state index contributed by atoms with van der Waals surface area (Å²) in [7, 11) is 1.17. The second kappa shape index (κ2) is 56.5. The maximum absolute atomic E-state index is 13.5. The van der Waals surface area contributed by atoms with E-state index >= 15 is 0 Å². The summed E-state index contributed by atoms with van der Waals surface area (Å²) in [5, 5.41) is 3.02. The lowest BCUT2D eigenvalue weighted by atomic mass is 10.1. The molecule has 3 atom stereocenters. The van der Waals surface area contributed by atoms with E-state index < -0.39 is 26.6 Å². The molecule has 0 heterocycles. The summed E-state index contributed by atoms with van der Waals surface area (Å²) in [4.78, 5) is 40.0. The van der Waals surface area contributed by atoms with Gasteiger partial charge in [-0.2, -0.15) is 0 Å². The SMILES string of the molecule is CCCCC/C=C\C/C=C\C/C=C\C/C=C\CCCCCCCCCC(=O)OC(/C=C\CCCCCCCCCCC)C(COP(=O)([O-])OCC[N+](C)(C)C)NC(=O)CCCCCCCCC/C=C\C/C=C\CCCCC. The average molecular weight is 1100 g/mol. The topological polar surface area (TPSA) is 114 Å². The lowest BCUT2D eigenvalue weighted by molar-refractivity contribution is -0.870. The van der Waals surface area contributed by atoms with Crippen molar-refractivity contribution in [1.29, 1.82) is 0 Å². The molecule has 0 bridgehead atoms. The molecule has 0 aromatic heterocycles. The van der Waals surface area contributed by atoms with E-state index in [0.29, 0.717) is 23.9 Å². The van der Waals surface area contributed by atoms with Gasteiger partial charge in [-0.3, -0.25) is 14.2 Å². The lowest BCUT2D eigenvalue weighted by Crippen LogP contribution is -2.47. The minimum absolute atomic E-state index is 0.0291. The number of carbonyl (C=O) groups excluding carboxylic acids is 2. The van der Waals surface area contributed by atoms with Gasteiger partial charge in [0.05, 0.1) is 33.8 Å². The number of nitrogens with zero attached hydrogens (tertiary/aromatic N) is 1. The Kier molecular flexibility index (Phi) is 54.4. The van der Waals surface area contributed by atoms with E-state index in [4.69, 9.17) is 13.8 Å². The molecule has 0 aromatic carbocycles. The molecule has 0 aromatic rings. The van der Waals surface area contributed by atoms with Crippen LogP contribution >= 0.6 is 7.82 Å². The smallest absolute Gasteiger partial charge is 0.306 e. The van der Waals surface area contributed by atoms with Crippen molar-refractivity contribution >= 4 is 19.7 Å². The van der Waals surface area contributed by atoms with E-state index in [1.165, 1.54) is 135 Å². The van der Waals surface area contributed by atoms with Crippen LogP contribution in [0.1, 0.15) is 278 Å². The van der Waals surface area contributed by atoms with Gasteiger partial charge in [0.1, 0.15) is 19.3 Å². The summed E-state index contributed by atoms with van der Waals surface area (Å²) >= 11 is 0. The third-order valence-electron chi connectivity index (χ3n) is 13.8. The molecular formula is C67H121N2O7P. The van der Waals surface area contributed by atoms with Crippen molar-refractivity contribution in [3.8, 4) is 0 Å². The van der Waals surface area contributed by atoms with Crippen LogP contribution in [-0.4, -0.2) is 69.4 Å². The highest BCUT2D eigenvalue weighted by molar-refractivity contribution is 7.45. The van der Waals surface area contributed by atoms with Crippen LogP contribution < -0.4 is 10.2 Å². The number of unbranched alkanes of at least 4 members (excludes halogenated alkanes) is 29. The number of amides is 1. The van der Waals surface area contributed by atoms with Gasteiger partial charge in [-0.05, 0) is 109 Å². The zero-order chi connectivity index (χ0) is 56.4. The molecule has 0 saturated heterocycles. The van der Waals surface area contributed by atoms with Gasteiger partial charge in [-0.15, -0.1) is 0 Å². The Morgan fingerprint density at radius 1 is 0.455 bits per heavy atom. The standard InChI is InChI=1S/C67H121N2O7P/c1-7-10-13-16-19-22-25-27-29-31-32-33-34-35-36-38-40-42-45-48-51-54-57-60-67(71)76-65(58-55-52-49-46-43-24-21-18-15-12-9-3)64(63-75-77(72,73)74-62-61-69(4,5)6)68-66(70)59-56-53-50-47-44-41-39-37-30-28-26-23-20-17-14-11-8-2/h19-20,22-23,27-30,32-33,35-36,55,58,64-65H,7-18,21,24-26,31,34,37-54,56-57,59-63H2,1-6H3,(H-,68,70,72,73)/b22-19-,23-20-,29-27-,30-28-,33-32-,36-35-,58-55-. The Balaban J connectivity index is 5.21. The van der Waals surface area contributed by atoms with Gasteiger partial charge in [0.15, 0.2) is 0 Å². The number of phosphoric ester groups is 1. The van der Waals surface area contributed by atoms with Crippen LogP contribution in [0.4, 0.5) is 0 Å². The first kappa shape index (κ1) is 74.2. The van der Waals surface area contributed by atoms with E-state index in [1.807, 2.05) is 33.3 Å². The third-order valence-corrected chi connectivity index (χ3v) is 14.8. The van der Waals surface area contributed by atoms with Crippen molar-refractivity contribution in [2.45, 2.75) is 290 Å². The summed E-state index contributed by atoms with van der Waals surface area (Å²) < 4.78 is 30.3. The largest absolute Gasteiger partial charge is 0.756 e. The maximum atomic E-state index is 13.5. The molecule has 1 N–H and O–H groups in total. The number of esters is 1. The molecule has 0 rings (SSSR count). The number of hydrogen-bond acceptors (Lipinski definition) is 7. The van der Waals surface area contributed by atoms with Crippen molar-refractivity contribution < 1.29 is 37.3 Å². The number of hydrogen-bond donors (Lipinski definition) is 1. The number of allylic oxidation sites excluding steroid dienone is 13. The molecule has 0 aliphatic rings. The molecule has 9 nitrogen and oxygen atoms in total. The van der Waals surface area contributed by atoms with Crippen molar-refractivity contribution in [3.05, 3.63) is 85.1 Å². The van der Waals surface area contributed by atoms with Crippen molar-refractivity contribution in [3.63, 3.8) is 0 Å². The van der Waals surface area contributed by atoms with Crippen LogP contribution in [0, 0.1) is 0 Å². The highest BCUT2D eigenvalue weighted by Gasteiger charge is 2.27. The highest BCUT2D eigenvalue weighted by Crippen LogP contribution is 2.38. The monoisotopic (exact) mass is 1100 g/mol. The van der Waals surface area contributed by atoms with Crippen molar-refractivity contribution in [2.75, 3.05) is 40.9 Å². The van der Waals surface area contributed by atoms with Crippen LogP contribution in [-0.2, 0) is 27.9 Å². The van der Waals surface area contributed by atoms with E-state index in [-0.39, 0.29) is 24.9 Å². The quantitative estimate of drug-likeness (QED) is 0.0212. The highest BCUT2D eigenvalue weighted by atomic mass is 31.2. The van der Waals surface area contributed by atoms with Gasteiger partial charge >= 0.3 is 5.97 Å². The van der Waals surface area contributed by atoms with Crippen LogP contribution in [0.5, 0.6) is 0 Å². The minimum Gasteiger partial charge on any atom is -0.756 e. The molecule has 10 heteroatoms. The van der Waals surface area contributed by atoms with Crippen LogP contribution in [0.15, 0.2) is 85.1 Å². The van der Waals surface area contributed by atoms with Gasteiger partial charge in [-0.1, -0.05) is 241 Å². The van der Waals surface area contributed by atoms with Crippen molar-refractivity contribution in [1.82, 2.24) is 5.32 Å². The fourth-order valence-corrected chi connectivity index (χ4v) is 9.55. The molecule has 0 spiro atoms. The summed E-state index contributed by atoms with van der Waals surface area (Å²) in [6, 6.07) is -0.901. The predicted octanol–water partition coefficient (Wildman–Crippen LogP) is 19.1. The fourth-order valence-electron chi connectivity index (χ4n) is 8.83. The number of likely N-dealkylation sites (N-methyl/N-ethyl adjacent to an activating group) is 1. The van der Waals surface area contributed by atoms with E-state index in [2.05, 4.69) is 99.0 Å². The first-order chi connectivity index (χ1) is 37.4. The molecule has 1 amide bonds. The van der Waals surface area contributed by atoms with E-state index in [9.17, 15) is 19.0 Å². The molecule has 3 unspecified atom stereocenters. The minimum atomic E-state index is -4.71. The molecule has 446 valence electrons. The zero-order valence-corrected chi connectivity index (χ0v) is 51.8. The second-order valence-electron chi connectivity index (χ2n) is 22.6. The van der Waals surface area contributed by atoms with Crippen LogP contribution in [0.3, 0.4) is 0 Å². The Labute approximate surface area is 476 Å². The van der Waals surface area contributed by atoms with Gasteiger partial charge in [0.25, 0.3) is 7.82 Å². The number of nitrogens with one attached hydrogen (secondary N) is 1. The van der Waals surface area contributed by atoms with Crippen LogP contribution in [0.2, 0.25) is 0 Å². The first-order valence-electron chi connectivity index (χ1n) is 31.9. The van der Waals surface area contributed by atoms with E-state index in [0.717, 1.165) is 103 Å². The average Bonchev–Trinajstić information content (AvgIpc) is 3.39.